The largest absolute Gasteiger partial charge is 0.383 e. The quantitative estimate of drug-likeness (QED) is 0.736. The molecule has 0 radical (unpaired) electrons. The Morgan fingerprint density at radius 3 is 3.00 bits per heavy atom. The number of amides is 1. The van der Waals surface area contributed by atoms with Crippen molar-refractivity contribution in [2.45, 2.75) is 32.9 Å². The zero-order valence-electron chi connectivity index (χ0n) is 14.6. The van der Waals surface area contributed by atoms with E-state index in [-0.39, 0.29) is 12.0 Å². The standard InChI is InChI=1S/C15H22N6O3S/c1-10-13(25-11(2)16-10)8-14(22)20-4-7-24-12(9-20)15-17-18-19-21(15)5-6-23-3/h12H,4-9H2,1-3H3/t12-/m1/s1. The summed E-state index contributed by atoms with van der Waals surface area (Å²) < 4.78 is 12.5. The topological polar surface area (TPSA) is 95.3 Å². The zero-order valence-corrected chi connectivity index (χ0v) is 15.5. The zero-order chi connectivity index (χ0) is 17.8. The Morgan fingerprint density at radius 1 is 1.44 bits per heavy atom. The minimum Gasteiger partial charge on any atom is -0.383 e. The van der Waals surface area contributed by atoms with E-state index in [0.717, 1.165) is 15.6 Å². The Kier molecular flexibility index (Phi) is 5.71. The molecule has 1 atom stereocenters. The number of morpholine rings is 1. The van der Waals surface area contributed by atoms with Crippen LogP contribution in [-0.4, -0.2) is 69.4 Å². The molecule has 9 nitrogen and oxygen atoms in total. The van der Waals surface area contributed by atoms with Crippen molar-refractivity contribution in [3.05, 3.63) is 21.4 Å². The molecule has 1 aliphatic rings. The molecule has 136 valence electrons. The van der Waals surface area contributed by atoms with Crippen LogP contribution in [0.1, 0.15) is 27.5 Å². The Balaban J connectivity index is 1.65. The van der Waals surface area contributed by atoms with Crippen molar-refractivity contribution in [2.75, 3.05) is 33.4 Å². The number of hydrogen-bond acceptors (Lipinski definition) is 8. The molecule has 1 saturated heterocycles. The first-order valence-corrected chi connectivity index (χ1v) is 8.97. The molecule has 1 amide bonds. The van der Waals surface area contributed by atoms with Gasteiger partial charge in [0.25, 0.3) is 0 Å². The van der Waals surface area contributed by atoms with E-state index in [1.54, 1.807) is 23.1 Å². The monoisotopic (exact) mass is 366 g/mol. The molecule has 0 bridgehead atoms. The number of aromatic nitrogens is 5. The van der Waals surface area contributed by atoms with Crippen LogP contribution in [-0.2, 0) is 27.2 Å². The molecule has 3 heterocycles. The Hall–Kier alpha value is -1.91. The van der Waals surface area contributed by atoms with Crippen LogP contribution in [0.3, 0.4) is 0 Å². The van der Waals surface area contributed by atoms with E-state index in [1.807, 2.05) is 18.7 Å². The highest BCUT2D eigenvalue weighted by atomic mass is 32.1. The second-order valence-corrected chi connectivity index (χ2v) is 7.16. The normalized spacial score (nSPS) is 17.9. The first-order valence-electron chi connectivity index (χ1n) is 8.15. The summed E-state index contributed by atoms with van der Waals surface area (Å²) in [5.41, 5.74) is 0.934. The lowest BCUT2D eigenvalue weighted by molar-refractivity contribution is -0.138. The van der Waals surface area contributed by atoms with E-state index in [0.29, 0.717) is 45.1 Å². The average Bonchev–Trinajstić information content (AvgIpc) is 3.19. The lowest BCUT2D eigenvalue weighted by Gasteiger charge is -2.32. The number of aryl methyl sites for hydroxylation is 2. The van der Waals surface area contributed by atoms with Gasteiger partial charge in [0, 0.05) is 18.5 Å². The highest BCUT2D eigenvalue weighted by Crippen LogP contribution is 2.22. The van der Waals surface area contributed by atoms with Gasteiger partial charge in [0.15, 0.2) is 5.82 Å². The van der Waals surface area contributed by atoms with Crippen LogP contribution in [0.5, 0.6) is 0 Å². The summed E-state index contributed by atoms with van der Waals surface area (Å²) in [4.78, 5) is 19.9. The third kappa shape index (κ3) is 4.20. The Morgan fingerprint density at radius 2 is 2.28 bits per heavy atom. The van der Waals surface area contributed by atoms with Crippen molar-refractivity contribution >= 4 is 17.2 Å². The van der Waals surface area contributed by atoms with Gasteiger partial charge in [-0.2, -0.15) is 0 Å². The van der Waals surface area contributed by atoms with Crippen molar-refractivity contribution in [1.82, 2.24) is 30.1 Å². The van der Waals surface area contributed by atoms with Crippen LogP contribution in [0, 0.1) is 13.8 Å². The molecule has 0 saturated carbocycles. The number of nitrogens with zero attached hydrogens (tertiary/aromatic N) is 6. The molecule has 10 heteroatoms. The van der Waals surface area contributed by atoms with E-state index in [4.69, 9.17) is 9.47 Å². The van der Waals surface area contributed by atoms with Gasteiger partial charge in [-0.3, -0.25) is 4.79 Å². The number of thiazole rings is 1. The molecule has 0 unspecified atom stereocenters. The summed E-state index contributed by atoms with van der Waals surface area (Å²) in [6, 6.07) is 0. The minimum absolute atomic E-state index is 0.0796. The Labute approximate surface area is 149 Å². The third-order valence-electron chi connectivity index (χ3n) is 4.09. The van der Waals surface area contributed by atoms with Crippen LogP contribution in [0.15, 0.2) is 0 Å². The van der Waals surface area contributed by atoms with Crippen molar-refractivity contribution in [3.8, 4) is 0 Å². The summed E-state index contributed by atoms with van der Waals surface area (Å²) in [5, 5.41) is 12.7. The maximum atomic E-state index is 12.7. The molecular weight excluding hydrogens is 344 g/mol. The van der Waals surface area contributed by atoms with Crippen LogP contribution in [0.2, 0.25) is 0 Å². The fraction of sp³-hybridized carbons (Fsp3) is 0.667. The molecule has 2 aromatic rings. The smallest absolute Gasteiger partial charge is 0.228 e. The van der Waals surface area contributed by atoms with E-state index in [1.165, 1.54) is 0 Å². The predicted octanol–water partition coefficient (Wildman–Crippen LogP) is 0.535. The first kappa shape index (κ1) is 17.9. The van der Waals surface area contributed by atoms with Crippen molar-refractivity contribution in [1.29, 1.82) is 0 Å². The van der Waals surface area contributed by atoms with Gasteiger partial charge >= 0.3 is 0 Å². The van der Waals surface area contributed by atoms with Crippen molar-refractivity contribution < 1.29 is 14.3 Å². The maximum Gasteiger partial charge on any atom is 0.228 e. The molecule has 1 aliphatic heterocycles. The molecule has 0 N–H and O–H groups in total. The predicted molar refractivity (Wildman–Crippen MR) is 90.3 cm³/mol. The second kappa shape index (κ2) is 7.98. The van der Waals surface area contributed by atoms with Gasteiger partial charge in [0.1, 0.15) is 6.10 Å². The molecule has 25 heavy (non-hydrogen) atoms. The molecular formula is C15H22N6O3S. The van der Waals surface area contributed by atoms with Gasteiger partial charge in [-0.05, 0) is 24.3 Å². The fourth-order valence-electron chi connectivity index (χ4n) is 2.80. The number of methoxy groups -OCH3 is 1. The number of ether oxygens (including phenoxy) is 2. The summed E-state index contributed by atoms with van der Waals surface area (Å²) in [7, 11) is 1.63. The van der Waals surface area contributed by atoms with Gasteiger partial charge < -0.3 is 14.4 Å². The van der Waals surface area contributed by atoms with E-state index in [9.17, 15) is 4.79 Å². The van der Waals surface area contributed by atoms with Crippen LogP contribution in [0.4, 0.5) is 0 Å². The first-order chi connectivity index (χ1) is 12.1. The van der Waals surface area contributed by atoms with E-state index >= 15 is 0 Å². The summed E-state index contributed by atoms with van der Waals surface area (Å²) in [6.45, 7) is 6.45. The second-order valence-electron chi connectivity index (χ2n) is 5.87. The van der Waals surface area contributed by atoms with E-state index in [2.05, 4.69) is 20.5 Å². The molecule has 2 aromatic heterocycles. The number of rotatable bonds is 6. The fourth-order valence-corrected chi connectivity index (χ4v) is 3.73. The lowest BCUT2D eigenvalue weighted by atomic mass is 10.2. The average molecular weight is 366 g/mol. The summed E-state index contributed by atoms with van der Waals surface area (Å²) in [5.74, 6) is 0.704. The highest BCUT2D eigenvalue weighted by Gasteiger charge is 2.29. The molecule has 0 spiro atoms. The lowest BCUT2D eigenvalue weighted by Crippen LogP contribution is -2.43. The molecule has 0 aliphatic carbocycles. The number of carbonyl (C=O) groups is 1. The molecule has 0 aromatic carbocycles. The van der Waals surface area contributed by atoms with E-state index < -0.39 is 0 Å². The molecule has 3 rings (SSSR count). The SMILES string of the molecule is COCCn1nnnc1[C@H]1CN(C(=O)Cc2sc(C)nc2C)CCO1. The summed E-state index contributed by atoms with van der Waals surface area (Å²) >= 11 is 1.58. The van der Waals surface area contributed by atoms with Crippen molar-refractivity contribution in [3.63, 3.8) is 0 Å². The van der Waals surface area contributed by atoms with Gasteiger partial charge in [-0.25, -0.2) is 9.67 Å². The number of hydrogen-bond donors (Lipinski definition) is 0. The summed E-state index contributed by atoms with van der Waals surface area (Å²) in [6.07, 6.45) is 0.0485. The highest BCUT2D eigenvalue weighted by molar-refractivity contribution is 7.11. The minimum atomic E-state index is -0.325. The number of carbonyl (C=O) groups excluding carboxylic acids is 1. The van der Waals surface area contributed by atoms with Crippen molar-refractivity contribution in [2.24, 2.45) is 0 Å². The van der Waals surface area contributed by atoms with Gasteiger partial charge in [0.05, 0.1) is 43.4 Å². The Bertz CT molecular complexity index is 731. The maximum absolute atomic E-state index is 12.7. The molecule has 1 fully saturated rings. The van der Waals surface area contributed by atoms with Crippen LogP contribution < -0.4 is 0 Å². The number of tetrazole rings is 1. The van der Waals surface area contributed by atoms with Crippen LogP contribution >= 0.6 is 11.3 Å². The van der Waals surface area contributed by atoms with Gasteiger partial charge in [-0.15, -0.1) is 16.4 Å². The third-order valence-corrected chi connectivity index (χ3v) is 5.16. The van der Waals surface area contributed by atoms with Gasteiger partial charge in [-0.1, -0.05) is 0 Å². The van der Waals surface area contributed by atoms with Crippen LogP contribution in [0.25, 0.3) is 0 Å². The van der Waals surface area contributed by atoms with Gasteiger partial charge in [0.2, 0.25) is 5.91 Å².